The van der Waals surface area contributed by atoms with E-state index in [-0.39, 0.29) is 42.4 Å². The zero-order valence-corrected chi connectivity index (χ0v) is 24.0. The summed E-state index contributed by atoms with van der Waals surface area (Å²) in [5.41, 5.74) is 3.44. The summed E-state index contributed by atoms with van der Waals surface area (Å²) in [6.45, 7) is 0.225. The minimum absolute atomic E-state index is 0.0845. The van der Waals surface area contributed by atoms with Gasteiger partial charge in [-0.05, 0) is 41.0 Å². The molecule has 2 heterocycles. The lowest BCUT2D eigenvalue weighted by Gasteiger charge is -2.22. The van der Waals surface area contributed by atoms with Crippen molar-refractivity contribution in [2.24, 2.45) is 12.1 Å². The van der Waals surface area contributed by atoms with Gasteiger partial charge >= 0.3 is 0 Å². The molecule has 1 aliphatic heterocycles. The minimum atomic E-state index is -0.345. The van der Waals surface area contributed by atoms with E-state index >= 15 is 0 Å². The number of nitrogens with zero attached hydrogens (tertiary/aromatic N) is 5. The minimum Gasteiger partial charge on any atom is -0.349 e. The molecule has 0 saturated carbocycles. The van der Waals surface area contributed by atoms with Crippen molar-refractivity contribution < 1.29 is 14.0 Å². The van der Waals surface area contributed by atoms with Gasteiger partial charge in [0.2, 0.25) is 5.91 Å². The third kappa shape index (κ3) is 6.65. The Bertz CT molecular complexity index is 1530. The standard InChI is InChI=1S/C29H26BrFN6O2S/c1-36-26(17-32-27(38)15-19-5-3-2-4-6-19)33-34-29(36)40-18-28(39)37-25(21-9-13-23(31)14-10-21)16-24(35-37)20-7-11-22(30)12-8-20/h2-14,25H,15-18H2,1H3,(H,32,38). The van der Waals surface area contributed by atoms with E-state index in [9.17, 15) is 14.0 Å². The van der Waals surface area contributed by atoms with Crippen LogP contribution in [0, 0.1) is 5.82 Å². The van der Waals surface area contributed by atoms with Crippen molar-refractivity contribution in [2.45, 2.75) is 30.6 Å². The number of nitrogens with one attached hydrogen (secondary N) is 1. The van der Waals surface area contributed by atoms with Gasteiger partial charge in [0.15, 0.2) is 11.0 Å². The first kappa shape index (κ1) is 27.7. The van der Waals surface area contributed by atoms with Crippen molar-refractivity contribution in [2.75, 3.05) is 5.75 Å². The van der Waals surface area contributed by atoms with Gasteiger partial charge in [0.1, 0.15) is 5.82 Å². The van der Waals surface area contributed by atoms with Crippen LogP contribution in [0.5, 0.6) is 0 Å². The Morgan fingerprint density at radius 3 is 2.48 bits per heavy atom. The molecule has 1 N–H and O–H groups in total. The second-order valence-corrected chi connectivity index (χ2v) is 11.1. The number of halogens is 2. The second kappa shape index (κ2) is 12.6. The Morgan fingerprint density at radius 1 is 1.02 bits per heavy atom. The zero-order valence-electron chi connectivity index (χ0n) is 21.6. The largest absolute Gasteiger partial charge is 0.349 e. The average molecular weight is 622 g/mol. The normalized spacial score (nSPS) is 14.7. The van der Waals surface area contributed by atoms with E-state index in [1.54, 1.807) is 23.7 Å². The highest BCUT2D eigenvalue weighted by Crippen LogP contribution is 2.34. The third-order valence-corrected chi connectivity index (χ3v) is 8.03. The van der Waals surface area contributed by atoms with Crippen molar-refractivity contribution in [3.63, 3.8) is 0 Å². The summed E-state index contributed by atoms with van der Waals surface area (Å²) < 4.78 is 16.3. The first-order valence-corrected chi connectivity index (χ1v) is 14.4. The van der Waals surface area contributed by atoms with Crippen LogP contribution in [-0.4, -0.2) is 43.1 Å². The molecule has 1 atom stereocenters. The summed E-state index contributed by atoms with van der Waals surface area (Å²) in [5.74, 6) is 0.0168. The Labute approximate surface area is 243 Å². The lowest BCUT2D eigenvalue weighted by Crippen LogP contribution is -2.28. The van der Waals surface area contributed by atoms with Crippen LogP contribution in [0.2, 0.25) is 0 Å². The van der Waals surface area contributed by atoms with E-state index in [4.69, 9.17) is 0 Å². The molecule has 11 heteroatoms. The van der Waals surface area contributed by atoms with Crippen LogP contribution in [0.4, 0.5) is 4.39 Å². The second-order valence-electron chi connectivity index (χ2n) is 9.25. The lowest BCUT2D eigenvalue weighted by molar-refractivity contribution is -0.130. The van der Waals surface area contributed by atoms with Crippen molar-refractivity contribution in [3.8, 4) is 0 Å². The number of carbonyl (C=O) groups is 2. The van der Waals surface area contributed by atoms with Crippen LogP contribution in [0.1, 0.15) is 35.0 Å². The van der Waals surface area contributed by atoms with Gasteiger partial charge in [0, 0.05) is 17.9 Å². The van der Waals surface area contributed by atoms with Crippen LogP contribution >= 0.6 is 27.7 Å². The summed E-state index contributed by atoms with van der Waals surface area (Å²) in [5, 5.41) is 18.0. The summed E-state index contributed by atoms with van der Waals surface area (Å²) >= 11 is 4.70. The molecule has 204 valence electrons. The van der Waals surface area contributed by atoms with E-state index in [0.717, 1.165) is 26.9 Å². The monoisotopic (exact) mass is 620 g/mol. The van der Waals surface area contributed by atoms with E-state index < -0.39 is 0 Å². The molecule has 0 aliphatic carbocycles. The Hall–Kier alpha value is -3.83. The number of hydrogen-bond acceptors (Lipinski definition) is 6. The maximum absolute atomic E-state index is 13.6. The van der Waals surface area contributed by atoms with Gasteiger partial charge in [0.25, 0.3) is 5.91 Å². The number of carbonyl (C=O) groups excluding carboxylic acids is 2. The highest BCUT2D eigenvalue weighted by Gasteiger charge is 2.33. The van der Waals surface area contributed by atoms with Gasteiger partial charge in [-0.15, -0.1) is 10.2 Å². The van der Waals surface area contributed by atoms with E-state index in [2.05, 4.69) is 36.5 Å². The van der Waals surface area contributed by atoms with Gasteiger partial charge < -0.3 is 9.88 Å². The Kier molecular flexibility index (Phi) is 8.71. The molecule has 4 aromatic rings. The highest BCUT2D eigenvalue weighted by atomic mass is 79.9. The van der Waals surface area contributed by atoms with E-state index in [0.29, 0.717) is 17.4 Å². The van der Waals surface area contributed by atoms with E-state index in [1.165, 1.54) is 28.9 Å². The first-order valence-electron chi connectivity index (χ1n) is 12.6. The predicted octanol–water partition coefficient (Wildman–Crippen LogP) is 5.05. The van der Waals surface area contributed by atoms with Crippen molar-refractivity contribution >= 4 is 45.2 Å². The van der Waals surface area contributed by atoms with Crippen LogP contribution < -0.4 is 5.32 Å². The third-order valence-electron chi connectivity index (χ3n) is 6.50. The maximum atomic E-state index is 13.6. The van der Waals surface area contributed by atoms with Gasteiger partial charge in [-0.25, -0.2) is 9.40 Å². The van der Waals surface area contributed by atoms with Crippen LogP contribution in [-0.2, 0) is 29.6 Å². The smallest absolute Gasteiger partial charge is 0.253 e. The molecular formula is C29H26BrFN6O2S. The molecule has 1 aliphatic rings. The molecule has 0 radical (unpaired) electrons. The van der Waals surface area contributed by atoms with Crippen LogP contribution in [0.3, 0.4) is 0 Å². The molecule has 0 fully saturated rings. The van der Waals surface area contributed by atoms with Gasteiger partial charge in [0.05, 0.1) is 30.5 Å². The number of hydrogen-bond donors (Lipinski definition) is 1. The molecule has 1 aromatic heterocycles. The summed E-state index contributed by atoms with van der Waals surface area (Å²) in [6.07, 6.45) is 0.795. The van der Waals surface area contributed by atoms with E-state index in [1.807, 2.05) is 54.6 Å². The number of benzene rings is 3. The first-order chi connectivity index (χ1) is 19.4. The summed E-state index contributed by atoms with van der Waals surface area (Å²) in [6, 6.07) is 23.1. The van der Waals surface area contributed by atoms with Crippen LogP contribution in [0.15, 0.2) is 93.6 Å². The summed E-state index contributed by atoms with van der Waals surface area (Å²) in [7, 11) is 1.80. The molecule has 2 amide bonds. The number of hydrazone groups is 1. The number of rotatable bonds is 9. The Balaban J connectivity index is 1.24. The fourth-order valence-corrected chi connectivity index (χ4v) is 5.39. The lowest BCUT2D eigenvalue weighted by atomic mass is 9.98. The molecule has 0 saturated heterocycles. The number of aromatic nitrogens is 3. The highest BCUT2D eigenvalue weighted by molar-refractivity contribution is 9.10. The molecule has 40 heavy (non-hydrogen) atoms. The van der Waals surface area contributed by atoms with Crippen molar-refractivity contribution in [1.82, 2.24) is 25.1 Å². The van der Waals surface area contributed by atoms with Crippen molar-refractivity contribution in [1.29, 1.82) is 0 Å². The quantitative estimate of drug-likeness (QED) is 0.265. The molecule has 8 nitrogen and oxygen atoms in total. The number of thioether (sulfide) groups is 1. The fourth-order valence-electron chi connectivity index (χ4n) is 4.34. The topological polar surface area (TPSA) is 92.5 Å². The summed E-state index contributed by atoms with van der Waals surface area (Å²) in [4.78, 5) is 25.7. The zero-order chi connectivity index (χ0) is 28.1. The molecule has 5 rings (SSSR count). The molecular weight excluding hydrogens is 595 g/mol. The SMILES string of the molecule is Cn1c(CNC(=O)Cc2ccccc2)nnc1SCC(=O)N1N=C(c2ccc(Br)cc2)CC1c1ccc(F)cc1. The average Bonchev–Trinajstić information content (AvgIpc) is 3.56. The fraction of sp³-hybridized carbons (Fsp3) is 0.207. The van der Waals surface area contributed by atoms with Crippen LogP contribution in [0.25, 0.3) is 0 Å². The maximum Gasteiger partial charge on any atom is 0.253 e. The van der Waals surface area contributed by atoms with Gasteiger partial charge in [-0.2, -0.15) is 5.10 Å². The molecule has 3 aromatic carbocycles. The van der Waals surface area contributed by atoms with Gasteiger partial charge in [-0.1, -0.05) is 82.3 Å². The molecule has 0 bridgehead atoms. The number of amides is 2. The molecule has 0 spiro atoms. The Morgan fingerprint density at radius 2 is 1.75 bits per heavy atom. The predicted molar refractivity (Wildman–Crippen MR) is 155 cm³/mol. The van der Waals surface area contributed by atoms with Gasteiger partial charge in [-0.3, -0.25) is 9.59 Å². The molecule has 1 unspecified atom stereocenters. The van der Waals surface area contributed by atoms with Crippen molar-refractivity contribution in [3.05, 3.63) is 112 Å².